The van der Waals surface area contributed by atoms with Crippen LogP contribution in [0.15, 0.2) is 52.9 Å². The molecule has 0 aliphatic rings. The number of nitrogens with one attached hydrogen (secondary N) is 1. The fraction of sp³-hybridized carbons (Fsp3) is 0.0625. The fourth-order valence-electron chi connectivity index (χ4n) is 2.15. The Morgan fingerprint density at radius 2 is 1.96 bits per heavy atom. The Balaban J connectivity index is 1.60. The molecule has 0 aliphatic heterocycles. The molecule has 0 saturated carbocycles. The molecule has 2 aromatic heterocycles. The number of benzene rings is 2. The van der Waals surface area contributed by atoms with E-state index in [0.29, 0.717) is 17.0 Å². The van der Waals surface area contributed by atoms with E-state index in [2.05, 4.69) is 20.5 Å². The second-order valence-electron chi connectivity index (χ2n) is 4.76. The van der Waals surface area contributed by atoms with Crippen LogP contribution in [-0.2, 0) is 0 Å². The van der Waals surface area contributed by atoms with Gasteiger partial charge < -0.3 is 9.15 Å². The van der Waals surface area contributed by atoms with Gasteiger partial charge in [0.05, 0.1) is 17.3 Å². The van der Waals surface area contributed by atoms with Crippen molar-refractivity contribution in [3.8, 4) is 17.2 Å². The summed E-state index contributed by atoms with van der Waals surface area (Å²) in [6, 6.07) is 15.7. The van der Waals surface area contributed by atoms with Crippen molar-refractivity contribution in [2.45, 2.75) is 0 Å². The first-order valence-corrected chi connectivity index (χ1v) is 7.74. The predicted molar refractivity (Wildman–Crippen MR) is 89.2 cm³/mol. The molecular formula is C16H12N4O2S. The molecule has 23 heavy (non-hydrogen) atoms. The zero-order valence-corrected chi connectivity index (χ0v) is 13.0. The molecule has 0 amide bonds. The number of rotatable bonds is 4. The van der Waals surface area contributed by atoms with Crippen LogP contribution in [0.4, 0.5) is 11.1 Å². The SMILES string of the molecule is COc1ccc2nc(Nc3nnc(-c4ccccc4)o3)sc2c1. The highest BCUT2D eigenvalue weighted by Crippen LogP contribution is 2.31. The molecule has 7 heteroatoms. The van der Waals surface area contributed by atoms with E-state index in [4.69, 9.17) is 9.15 Å². The van der Waals surface area contributed by atoms with Gasteiger partial charge in [-0.25, -0.2) is 4.98 Å². The first-order chi connectivity index (χ1) is 11.3. The van der Waals surface area contributed by atoms with E-state index in [1.807, 2.05) is 48.5 Å². The molecule has 0 spiro atoms. The fourth-order valence-corrected chi connectivity index (χ4v) is 3.03. The van der Waals surface area contributed by atoms with E-state index in [9.17, 15) is 0 Å². The highest BCUT2D eigenvalue weighted by Gasteiger charge is 2.11. The minimum atomic E-state index is 0.315. The number of thiazole rings is 1. The Labute approximate surface area is 135 Å². The number of fused-ring (bicyclic) bond motifs is 1. The smallest absolute Gasteiger partial charge is 0.322 e. The number of ether oxygens (including phenoxy) is 1. The Morgan fingerprint density at radius 1 is 1.09 bits per heavy atom. The first-order valence-electron chi connectivity index (χ1n) is 6.92. The molecule has 0 unspecified atom stereocenters. The topological polar surface area (TPSA) is 73.1 Å². The Hall–Kier alpha value is -2.93. The van der Waals surface area contributed by atoms with Crippen LogP contribution < -0.4 is 10.1 Å². The van der Waals surface area contributed by atoms with Crippen LogP contribution >= 0.6 is 11.3 Å². The van der Waals surface area contributed by atoms with Crippen LogP contribution in [0.3, 0.4) is 0 Å². The summed E-state index contributed by atoms with van der Waals surface area (Å²) in [5.74, 6) is 1.27. The maximum atomic E-state index is 5.62. The lowest BCUT2D eigenvalue weighted by Gasteiger charge is -1.96. The zero-order chi connectivity index (χ0) is 15.6. The van der Waals surface area contributed by atoms with Crippen LogP contribution in [0, 0.1) is 0 Å². The van der Waals surface area contributed by atoms with Crippen LogP contribution in [0.2, 0.25) is 0 Å². The van der Waals surface area contributed by atoms with Gasteiger partial charge in [0.2, 0.25) is 5.89 Å². The maximum Gasteiger partial charge on any atom is 0.322 e. The minimum Gasteiger partial charge on any atom is -0.497 e. The van der Waals surface area contributed by atoms with E-state index in [1.165, 1.54) is 11.3 Å². The van der Waals surface area contributed by atoms with Crippen LogP contribution in [0.5, 0.6) is 5.75 Å². The average molecular weight is 324 g/mol. The van der Waals surface area contributed by atoms with E-state index < -0.39 is 0 Å². The summed E-state index contributed by atoms with van der Waals surface area (Å²) >= 11 is 1.50. The lowest BCUT2D eigenvalue weighted by Crippen LogP contribution is -1.88. The molecule has 1 N–H and O–H groups in total. The summed E-state index contributed by atoms with van der Waals surface area (Å²) in [4.78, 5) is 4.49. The van der Waals surface area contributed by atoms with E-state index in [1.54, 1.807) is 7.11 Å². The molecule has 2 heterocycles. The third-order valence-corrected chi connectivity index (χ3v) is 4.19. The van der Waals surface area contributed by atoms with Crippen LogP contribution in [0.25, 0.3) is 21.7 Å². The molecule has 4 rings (SSSR count). The van der Waals surface area contributed by atoms with Crippen molar-refractivity contribution >= 4 is 32.7 Å². The molecule has 6 nitrogen and oxygen atoms in total. The second kappa shape index (κ2) is 5.69. The van der Waals surface area contributed by atoms with Gasteiger partial charge in [-0.1, -0.05) is 34.6 Å². The maximum absolute atomic E-state index is 5.62. The Kier molecular flexibility index (Phi) is 3.39. The predicted octanol–water partition coefficient (Wildman–Crippen LogP) is 4.10. The van der Waals surface area contributed by atoms with Gasteiger partial charge in [-0.15, -0.1) is 5.10 Å². The van der Waals surface area contributed by atoms with Gasteiger partial charge in [-0.2, -0.15) is 0 Å². The second-order valence-corrected chi connectivity index (χ2v) is 5.79. The molecule has 0 fully saturated rings. The summed E-state index contributed by atoms with van der Waals surface area (Å²) in [6.07, 6.45) is 0. The van der Waals surface area contributed by atoms with Crippen LogP contribution in [0.1, 0.15) is 0 Å². The van der Waals surface area contributed by atoms with Crippen molar-refractivity contribution in [1.29, 1.82) is 0 Å². The molecule has 0 aliphatic carbocycles. The highest BCUT2D eigenvalue weighted by molar-refractivity contribution is 7.22. The van der Waals surface area contributed by atoms with Crippen molar-refractivity contribution < 1.29 is 9.15 Å². The lowest BCUT2D eigenvalue weighted by atomic mass is 10.2. The van der Waals surface area contributed by atoms with Crippen molar-refractivity contribution in [3.63, 3.8) is 0 Å². The standard InChI is InChI=1S/C16H12N4O2S/c1-21-11-7-8-12-13(9-11)23-16(17-12)18-15-20-19-14(22-15)10-5-3-2-4-6-10/h2-9H,1H3,(H,17,18,20). The summed E-state index contributed by atoms with van der Waals surface area (Å²) < 4.78 is 11.9. The summed E-state index contributed by atoms with van der Waals surface area (Å²) in [6.45, 7) is 0. The van der Waals surface area contributed by atoms with Gasteiger partial charge in [0.25, 0.3) is 0 Å². The largest absolute Gasteiger partial charge is 0.497 e. The minimum absolute atomic E-state index is 0.315. The van der Waals surface area contributed by atoms with Gasteiger partial charge in [0.1, 0.15) is 5.75 Å². The van der Waals surface area contributed by atoms with Crippen molar-refractivity contribution in [2.24, 2.45) is 0 Å². The summed E-state index contributed by atoms with van der Waals surface area (Å²) in [5.41, 5.74) is 1.77. The van der Waals surface area contributed by atoms with Gasteiger partial charge in [0, 0.05) is 5.56 Å². The third kappa shape index (κ3) is 2.74. The monoisotopic (exact) mass is 324 g/mol. The van der Waals surface area contributed by atoms with Crippen molar-refractivity contribution in [1.82, 2.24) is 15.2 Å². The van der Waals surface area contributed by atoms with Gasteiger partial charge in [0.15, 0.2) is 5.13 Å². The van der Waals surface area contributed by atoms with E-state index in [-0.39, 0.29) is 0 Å². The number of hydrogen-bond donors (Lipinski definition) is 1. The molecular weight excluding hydrogens is 312 g/mol. The number of methoxy groups -OCH3 is 1. The molecule has 0 radical (unpaired) electrons. The summed E-state index contributed by atoms with van der Waals surface area (Å²) in [7, 11) is 1.64. The van der Waals surface area contributed by atoms with E-state index in [0.717, 1.165) is 21.5 Å². The van der Waals surface area contributed by atoms with Gasteiger partial charge in [-0.3, -0.25) is 5.32 Å². The molecule has 0 atom stereocenters. The molecule has 0 saturated heterocycles. The van der Waals surface area contributed by atoms with E-state index >= 15 is 0 Å². The van der Waals surface area contributed by atoms with Gasteiger partial charge >= 0.3 is 6.01 Å². The van der Waals surface area contributed by atoms with Gasteiger partial charge in [-0.05, 0) is 30.3 Å². The molecule has 2 aromatic carbocycles. The quantitative estimate of drug-likeness (QED) is 0.609. The average Bonchev–Trinajstić information content (AvgIpc) is 3.21. The molecule has 4 aromatic rings. The summed E-state index contributed by atoms with van der Waals surface area (Å²) in [5, 5.41) is 11.8. The first kappa shape index (κ1) is 13.7. The molecule has 114 valence electrons. The third-order valence-electron chi connectivity index (χ3n) is 3.26. The zero-order valence-electron chi connectivity index (χ0n) is 12.2. The normalized spacial score (nSPS) is 10.8. The van der Waals surface area contributed by atoms with Crippen molar-refractivity contribution in [2.75, 3.05) is 12.4 Å². The van der Waals surface area contributed by atoms with Crippen molar-refractivity contribution in [3.05, 3.63) is 48.5 Å². The lowest BCUT2D eigenvalue weighted by molar-refractivity contribution is 0.415. The number of nitrogens with zero attached hydrogens (tertiary/aromatic N) is 3. The number of anilines is 2. The Bertz CT molecular complexity index is 949. The Morgan fingerprint density at radius 3 is 2.78 bits per heavy atom. The number of aromatic nitrogens is 3. The highest BCUT2D eigenvalue weighted by atomic mass is 32.1. The molecule has 0 bridgehead atoms. The number of hydrogen-bond acceptors (Lipinski definition) is 7. The van der Waals surface area contributed by atoms with Crippen LogP contribution in [-0.4, -0.2) is 22.3 Å².